The van der Waals surface area contributed by atoms with Gasteiger partial charge in [0.25, 0.3) is 0 Å². The molecule has 4 rings (SSSR count). The Morgan fingerprint density at radius 1 is 1.06 bits per heavy atom. The third-order valence-corrected chi connectivity index (χ3v) is 8.04. The molecule has 0 amide bonds. The van der Waals surface area contributed by atoms with Gasteiger partial charge in [0.1, 0.15) is 16.0 Å². The van der Waals surface area contributed by atoms with E-state index in [1.807, 2.05) is 6.07 Å². The largest absolute Gasteiger partial charge is 0.369 e. The van der Waals surface area contributed by atoms with Crippen molar-refractivity contribution in [1.82, 2.24) is 36.6 Å². The first kappa shape index (κ1) is 26.1. The summed E-state index contributed by atoms with van der Waals surface area (Å²) in [5.74, 6) is 0.237. The van der Waals surface area contributed by atoms with Crippen molar-refractivity contribution >= 4 is 26.0 Å². The normalized spacial score (nSPS) is 15.9. The molecule has 1 aliphatic rings. The zero-order valence-corrected chi connectivity index (χ0v) is 20.4. The predicted molar refractivity (Wildman–Crippen MR) is 133 cm³/mol. The summed E-state index contributed by atoms with van der Waals surface area (Å²) >= 11 is 0. The van der Waals surface area contributed by atoms with Gasteiger partial charge in [-0.1, -0.05) is 24.3 Å². The maximum Gasteiger partial charge on any atom is 0.241 e. The lowest BCUT2D eigenvalue weighted by Crippen LogP contribution is -2.42. The quantitative estimate of drug-likeness (QED) is 0.138. The van der Waals surface area contributed by atoms with E-state index in [-0.39, 0.29) is 24.6 Å². The molecule has 36 heavy (non-hydrogen) atoms. The Bertz CT molecular complexity index is 1470. The molecule has 0 spiro atoms. The van der Waals surface area contributed by atoms with E-state index >= 15 is 0 Å². The summed E-state index contributed by atoms with van der Waals surface area (Å²) in [6.45, 7) is -0.168. The number of primary sulfonamides is 1. The number of sulfonamides is 2. The summed E-state index contributed by atoms with van der Waals surface area (Å²) in [5, 5.41) is 5.59. The van der Waals surface area contributed by atoms with Gasteiger partial charge in [0, 0.05) is 30.3 Å². The highest BCUT2D eigenvalue weighted by molar-refractivity contribution is 7.92. The molecule has 1 aliphatic heterocycles. The number of hydrogen-bond donors (Lipinski definition) is 10. The van der Waals surface area contributed by atoms with Crippen molar-refractivity contribution in [2.24, 2.45) is 16.6 Å². The summed E-state index contributed by atoms with van der Waals surface area (Å²) < 4.78 is 54.3. The number of nitrogen functional groups attached to an aromatic ring is 1. The molecule has 15 nitrogen and oxygen atoms in total. The molecule has 194 valence electrons. The van der Waals surface area contributed by atoms with Gasteiger partial charge in [-0.2, -0.15) is 11.1 Å². The van der Waals surface area contributed by atoms with Crippen LogP contribution in [0.2, 0.25) is 0 Å². The number of benzene rings is 2. The summed E-state index contributed by atoms with van der Waals surface area (Å²) in [6, 6.07) is 9.12. The first-order valence-electron chi connectivity index (χ1n) is 10.6. The van der Waals surface area contributed by atoms with E-state index < -0.39 is 42.0 Å². The zero-order chi connectivity index (χ0) is 26.1. The maximum atomic E-state index is 13.2. The molecular weight excluding hydrogens is 510 g/mol. The van der Waals surface area contributed by atoms with Crippen molar-refractivity contribution in [2.45, 2.75) is 22.0 Å². The molecule has 1 fully saturated rings. The SMILES string of the molecule is NC[C@H](N)CNS(=O)(=O)c1ccc(-c2cccc(-c3cnc(N)[nH]3)c2)c(C2NNNN2)c1S(N)(=O)=O. The minimum Gasteiger partial charge on any atom is -0.369 e. The van der Waals surface area contributed by atoms with Crippen molar-refractivity contribution in [3.05, 3.63) is 48.2 Å². The van der Waals surface area contributed by atoms with Gasteiger partial charge in [0.2, 0.25) is 20.0 Å². The van der Waals surface area contributed by atoms with Crippen molar-refractivity contribution in [3.8, 4) is 22.4 Å². The van der Waals surface area contributed by atoms with Gasteiger partial charge in [-0.3, -0.25) is 0 Å². The fraction of sp³-hybridized carbons (Fsp3) is 0.211. The van der Waals surface area contributed by atoms with Crippen LogP contribution in [0.1, 0.15) is 11.7 Å². The van der Waals surface area contributed by atoms with Gasteiger partial charge in [0.05, 0.1) is 11.9 Å². The molecule has 1 aromatic heterocycles. The van der Waals surface area contributed by atoms with Crippen molar-refractivity contribution in [3.63, 3.8) is 0 Å². The molecule has 1 atom stereocenters. The maximum absolute atomic E-state index is 13.2. The third-order valence-electron chi connectivity index (χ3n) is 5.44. The number of rotatable bonds is 9. The van der Waals surface area contributed by atoms with Crippen LogP contribution in [0.15, 0.2) is 52.4 Å². The van der Waals surface area contributed by atoms with Gasteiger partial charge >= 0.3 is 0 Å². The lowest BCUT2D eigenvalue weighted by Gasteiger charge is -2.22. The van der Waals surface area contributed by atoms with E-state index in [2.05, 4.69) is 36.6 Å². The average molecular weight is 538 g/mol. The number of H-pyrrole nitrogens is 1. The van der Waals surface area contributed by atoms with E-state index in [1.54, 1.807) is 24.4 Å². The molecule has 0 radical (unpaired) electrons. The van der Waals surface area contributed by atoms with Gasteiger partial charge in [-0.25, -0.2) is 42.5 Å². The average Bonchev–Trinajstić information content (AvgIpc) is 3.53. The van der Waals surface area contributed by atoms with Crippen molar-refractivity contribution < 1.29 is 16.8 Å². The number of nitrogens with one attached hydrogen (secondary N) is 6. The standard InChI is InChI=1S/C19H27N11O4S2/c20-7-12(21)8-25-36(33,34)15-5-4-13(16(17(15)35(23,31)32)18-27-29-30-28-18)10-2-1-3-11(6-10)14-9-24-19(22)26-14/h1-6,9,12,18,25,27-30H,7-8,20-21H2,(H3,22,24,26)(H2,23,31,32)/t12-/m0/s1. The summed E-state index contributed by atoms with van der Waals surface area (Å²) in [7, 11) is -8.91. The Balaban J connectivity index is 1.93. The molecule has 17 heteroatoms. The fourth-order valence-electron chi connectivity index (χ4n) is 3.74. The molecule has 14 N–H and O–H groups in total. The van der Waals surface area contributed by atoms with Crippen LogP contribution in [0.4, 0.5) is 5.95 Å². The monoisotopic (exact) mass is 537 g/mol. The Morgan fingerprint density at radius 2 is 1.75 bits per heavy atom. The molecule has 2 aromatic carbocycles. The highest BCUT2D eigenvalue weighted by Crippen LogP contribution is 2.37. The molecule has 0 unspecified atom stereocenters. The third kappa shape index (κ3) is 5.39. The van der Waals surface area contributed by atoms with E-state index in [1.165, 1.54) is 12.1 Å². The minimum atomic E-state index is -4.56. The summed E-state index contributed by atoms with van der Waals surface area (Å²) in [6.07, 6.45) is 0.674. The Morgan fingerprint density at radius 3 is 2.36 bits per heavy atom. The molecule has 0 aliphatic carbocycles. The molecule has 3 aromatic rings. The van der Waals surface area contributed by atoms with Crippen LogP contribution in [-0.4, -0.2) is 45.9 Å². The first-order chi connectivity index (χ1) is 17.0. The Hall–Kier alpha value is -2.97. The molecular formula is C19H27N11O4S2. The zero-order valence-electron chi connectivity index (χ0n) is 18.8. The molecule has 1 saturated heterocycles. The number of aromatic nitrogens is 2. The van der Waals surface area contributed by atoms with Crippen LogP contribution in [0.3, 0.4) is 0 Å². The number of hydrogen-bond acceptors (Lipinski definition) is 12. The van der Waals surface area contributed by atoms with Gasteiger partial charge in [0.15, 0.2) is 5.95 Å². The van der Waals surface area contributed by atoms with Crippen LogP contribution in [0.25, 0.3) is 22.4 Å². The number of nitrogens with zero attached hydrogens (tertiary/aromatic N) is 1. The Labute approximate surface area is 207 Å². The second kappa shape index (κ2) is 10.2. The van der Waals surface area contributed by atoms with Crippen molar-refractivity contribution in [1.29, 1.82) is 0 Å². The van der Waals surface area contributed by atoms with Gasteiger partial charge in [-0.05, 0) is 23.3 Å². The summed E-state index contributed by atoms with van der Waals surface area (Å²) in [5.41, 5.74) is 30.1. The predicted octanol–water partition coefficient (Wildman–Crippen LogP) is -2.35. The van der Waals surface area contributed by atoms with Crippen molar-refractivity contribution in [2.75, 3.05) is 18.8 Å². The molecule has 0 saturated carbocycles. The van der Waals surface area contributed by atoms with Crippen LogP contribution < -0.4 is 49.0 Å². The number of anilines is 1. The molecule has 0 bridgehead atoms. The second-order valence-corrected chi connectivity index (χ2v) is 11.2. The highest BCUT2D eigenvalue weighted by atomic mass is 32.2. The highest BCUT2D eigenvalue weighted by Gasteiger charge is 2.34. The molecule has 2 heterocycles. The smallest absolute Gasteiger partial charge is 0.241 e. The second-order valence-electron chi connectivity index (χ2n) is 7.98. The lowest BCUT2D eigenvalue weighted by molar-refractivity contribution is 0.532. The van der Waals surface area contributed by atoms with E-state index in [4.69, 9.17) is 22.3 Å². The van der Waals surface area contributed by atoms with Crippen LogP contribution in [0.5, 0.6) is 0 Å². The van der Waals surface area contributed by atoms with Gasteiger partial charge < -0.3 is 22.2 Å². The van der Waals surface area contributed by atoms with E-state index in [0.29, 0.717) is 16.8 Å². The fourth-order valence-corrected chi connectivity index (χ4v) is 6.49. The summed E-state index contributed by atoms with van der Waals surface area (Å²) in [4.78, 5) is 5.82. The lowest BCUT2D eigenvalue weighted by atomic mass is 9.96. The van der Waals surface area contributed by atoms with Crippen LogP contribution in [-0.2, 0) is 20.0 Å². The van der Waals surface area contributed by atoms with Gasteiger partial charge in [-0.15, -0.1) is 0 Å². The minimum absolute atomic E-state index is 0.0281. The van der Waals surface area contributed by atoms with E-state index in [9.17, 15) is 16.8 Å². The van der Waals surface area contributed by atoms with E-state index in [0.717, 1.165) is 5.56 Å². The van der Waals surface area contributed by atoms with Crippen LogP contribution >= 0.6 is 0 Å². The number of nitrogens with two attached hydrogens (primary N) is 4. The number of imidazole rings is 1. The number of hydrazine groups is 3. The first-order valence-corrected chi connectivity index (χ1v) is 13.6. The Kier molecular flexibility index (Phi) is 7.38. The topological polar surface area (TPSA) is 261 Å². The van der Waals surface area contributed by atoms with Crippen LogP contribution in [0, 0.1) is 0 Å². The number of aromatic amines is 1.